The lowest BCUT2D eigenvalue weighted by atomic mass is 9.87. The van der Waals surface area contributed by atoms with Crippen LogP contribution in [0, 0.1) is 0 Å². The summed E-state index contributed by atoms with van der Waals surface area (Å²) in [4.78, 5) is 24.2. The number of carbonyl (C=O) groups is 2. The van der Waals surface area contributed by atoms with Crippen LogP contribution in [-0.2, 0) is 15.0 Å². The van der Waals surface area contributed by atoms with Gasteiger partial charge in [0.15, 0.2) is 0 Å². The first-order valence-corrected chi connectivity index (χ1v) is 8.26. The SMILES string of the molecule is CCOc1ccccc1NC(=O)C(=O)Nc1ccc(C(C)(C)C)cc1. The van der Waals surface area contributed by atoms with Crippen molar-refractivity contribution in [3.05, 3.63) is 54.1 Å². The summed E-state index contributed by atoms with van der Waals surface area (Å²) in [5, 5.41) is 5.18. The molecule has 2 N–H and O–H groups in total. The van der Waals surface area contributed by atoms with Crippen LogP contribution in [0.4, 0.5) is 11.4 Å². The van der Waals surface area contributed by atoms with E-state index in [2.05, 4.69) is 31.4 Å². The number of hydrogen-bond donors (Lipinski definition) is 2. The maximum Gasteiger partial charge on any atom is 0.314 e. The average Bonchev–Trinajstić information content (AvgIpc) is 2.56. The average molecular weight is 340 g/mol. The molecule has 0 radical (unpaired) electrons. The summed E-state index contributed by atoms with van der Waals surface area (Å²) in [5.41, 5.74) is 2.22. The quantitative estimate of drug-likeness (QED) is 0.828. The van der Waals surface area contributed by atoms with Crippen LogP contribution in [0.2, 0.25) is 0 Å². The van der Waals surface area contributed by atoms with Crippen LogP contribution in [0.25, 0.3) is 0 Å². The minimum absolute atomic E-state index is 0.0307. The zero-order chi connectivity index (χ0) is 18.4. The van der Waals surface area contributed by atoms with Crippen molar-refractivity contribution < 1.29 is 14.3 Å². The van der Waals surface area contributed by atoms with E-state index in [9.17, 15) is 9.59 Å². The van der Waals surface area contributed by atoms with Crippen molar-refractivity contribution in [3.8, 4) is 5.75 Å². The van der Waals surface area contributed by atoms with Crippen molar-refractivity contribution >= 4 is 23.2 Å². The molecule has 0 aliphatic carbocycles. The van der Waals surface area contributed by atoms with Gasteiger partial charge in [-0.1, -0.05) is 45.0 Å². The highest BCUT2D eigenvalue weighted by Gasteiger charge is 2.17. The Morgan fingerprint density at radius 1 is 0.920 bits per heavy atom. The Morgan fingerprint density at radius 3 is 2.12 bits per heavy atom. The predicted octanol–water partition coefficient (Wildman–Crippen LogP) is 3.96. The molecule has 0 aromatic heterocycles. The Kier molecular flexibility index (Phi) is 5.80. The first kappa shape index (κ1) is 18.5. The van der Waals surface area contributed by atoms with Gasteiger partial charge in [-0.15, -0.1) is 0 Å². The van der Waals surface area contributed by atoms with E-state index in [4.69, 9.17) is 4.74 Å². The molecule has 0 atom stereocenters. The Hall–Kier alpha value is -2.82. The number of carbonyl (C=O) groups excluding carboxylic acids is 2. The fraction of sp³-hybridized carbons (Fsp3) is 0.300. The summed E-state index contributed by atoms with van der Waals surface area (Å²) in [6.07, 6.45) is 0. The minimum atomic E-state index is -0.743. The maximum atomic E-state index is 12.1. The molecule has 0 spiro atoms. The number of benzene rings is 2. The second kappa shape index (κ2) is 7.83. The topological polar surface area (TPSA) is 67.4 Å². The van der Waals surface area contributed by atoms with E-state index in [-0.39, 0.29) is 5.41 Å². The highest BCUT2D eigenvalue weighted by Crippen LogP contribution is 2.24. The lowest BCUT2D eigenvalue weighted by Crippen LogP contribution is -2.29. The Bertz CT molecular complexity index is 746. The summed E-state index contributed by atoms with van der Waals surface area (Å²) in [7, 11) is 0. The van der Waals surface area contributed by atoms with Gasteiger partial charge in [0.25, 0.3) is 0 Å². The third-order valence-corrected chi connectivity index (χ3v) is 3.65. The summed E-state index contributed by atoms with van der Waals surface area (Å²) in [6.45, 7) is 8.67. The largest absolute Gasteiger partial charge is 0.492 e. The number of anilines is 2. The molecule has 0 fully saturated rings. The van der Waals surface area contributed by atoms with Gasteiger partial charge in [0.05, 0.1) is 12.3 Å². The van der Waals surface area contributed by atoms with E-state index in [1.807, 2.05) is 19.1 Å². The maximum absolute atomic E-state index is 12.1. The highest BCUT2D eigenvalue weighted by molar-refractivity contribution is 6.43. The van der Waals surface area contributed by atoms with Gasteiger partial charge in [-0.05, 0) is 42.2 Å². The van der Waals surface area contributed by atoms with Crippen LogP contribution < -0.4 is 15.4 Å². The van der Waals surface area contributed by atoms with E-state index < -0.39 is 11.8 Å². The lowest BCUT2D eigenvalue weighted by molar-refractivity contribution is -0.133. The molecule has 0 unspecified atom stereocenters. The zero-order valence-electron chi connectivity index (χ0n) is 15.1. The van der Waals surface area contributed by atoms with Gasteiger partial charge in [0.1, 0.15) is 5.75 Å². The van der Waals surface area contributed by atoms with E-state index in [0.717, 1.165) is 5.56 Å². The fourth-order valence-electron chi connectivity index (χ4n) is 2.27. The van der Waals surface area contributed by atoms with E-state index in [1.54, 1.807) is 36.4 Å². The van der Waals surface area contributed by atoms with E-state index in [1.165, 1.54) is 0 Å². The second-order valence-corrected chi connectivity index (χ2v) is 6.66. The lowest BCUT2D eigenvalue weighted by Gasteiger charge is -2.19. The number of rotatable bonds is 4. The molecular formula is C20H24N2O3. The Morgan fingerprint density at radius 2 is 1.52 bits per heavy atom. The number of para-hydroxylation sites is 2. The van der Waals surface area contributed by atoms with Crippen LogP contribution in [0.3, 0.4) is 0 Å². The third-order valence-electron chi connectivity index (χ3n) is 3.65. The Labute approximate surface area is 148 Å². The van der Waals surface area contributed by atoms with Gasteiger partial charge in [0, 0.05) is 5.69 Å². The summed E-state index contributed by atoms with van der Waals surface area (Å²) in [5.74, 6) is -0.942. The molecule has 25 heavy (non-hydrogen) atoms. The van der Waals surface area contributed by atoms with Gasteiger partial charge >= 0.3 is 11.8 Å². The van der Waals surface area contributed by atoms with Crippen molar-refractivity contribution in [1.82, 2.24) is 0 Å². The highest BCUT2D eigenvalue weighted by atomic mass is 16.5. The van der Waals surface area contributed by atoms with Crippen LogP contribution >= 0.6 is 0 Å². The molecule has 2 rings (SSSR count). The molecule has 0 saturated carbocycles. The van der Waals surface area contributed by atoms with Crippen molar-refractivity contribution in [2.75, 3.05) is 17.2 Å². The van der Waals surface area contributed by atoms with Crippen LogP contribution in [0.1, 0.15) is 33.3 Å². The summed E-state index contributed by atoms with van der Waals surface area (Å²) in [6, 6.07) is 14.5. The van der Waals surface area contributed by atoms with Crippen LogP contribution in [0.5, 0.6) is 5.75 Å². The molecule has 5 heteroatoms. The van der Waals surface area contributed by atoms with Crippen molar-refractivity contribution in [2.24, 2.45) is 0 Å². The monoisotopic (exact) mass is 340 g/mol. The first-order chi connectivity index (χ1) is 11.8. The third kappa shape index (κ3) is 5.08. The summed E-state index contributed by atoms with van der Waals surface area (Å²) >= 11 is 0. The Balaban J connectivity index is 2.02. The molecule has 0 heterocycles. The van der Waals surface area contributed by atoms with E-state index >= 15 is 0 Å². The zero-order valence-corrected chi connectivity index (χ0v) is 15.1. The summed E-state index contributed by atoms with van der Waals surface area (Å²) < 4.78 is 5.43. The number of amides is 2. The van der Waals surface area contributed by atoms with Gasteiger partial charge in [-0.25, -0.2) is 0 Å². The second-order valence-electron chi connectivity index (χ2n) is 6.66. The molecule has 0 bridgehead atoms. The van der Waals surface area contributed by atoms with Crippen molar-refractivity contribution in [3.63, 3.8) is 0 Å². The van der Waals surface area contributed by atoms with Crippen molar-refractivity contribution in [1.29, 1.82) is 0 Å². The van der Waals surface area contributed by atoms with Crippen LogP contribution in [0.15, 0.2) is 48.5 Å². The van der Waals surface area contributed by atoms with Gasteiger partial charge < -0.3 is 15.4 Å². The van der Waals surface area contributed by atoms with Gasteiger partial charge in [-0.2, -0.15) is 0 Å². The number of ether oxygens (including phenoxy) is 1. The van der Waals surface area contributed by atoms with Gasteiger partial charge in [0.2, 0.25) is 0 Å². The standard InChI is InChI=1S/C20H24N2O3/c1-5-25-17-9-7-6-8-16(17)22-19(24)18(23)21-15-12-10-14(11-13-15)20(2,3)4/h6-13H,5H2,1-4H3,(H,21,23)(H,22,24). The molecule has 0 saturated heterocycles. The molecule has 0 aliphatic heterocycles. The molecule has 5 nitrogen and oxygen atoms in total. The number of hydrogen-bond acceptors (Lipinski definition) is 3. The molecule has 2 aromatic rings. The first-order valence-electron chi connectivity index (χ1n) is 8.26. The van der Waals surface area contributed by atoms with E-state index in [0.29, 0.717) is 23.7 Å². The fourth-order valence-corrected chi connectivity index (χ4v) is 2.27. The van der Waals surface area contributed by atoms with Gasteiger partial charge in [-0.3, -0.25) is 9.59 Å². The smallest absolute Gasteiger partial charge is 0.314 e. The normalized spacial score (nSPS) is 10.9. The molecular weight excluding hydrogens is 316 g/mol. The molecule has 0 aliphatic rings. The predicted molar refractivity (Wildman–Crippen MR) is 100 cm³/mol. The van der Waals surface area contributed by atoms with Crippen LogP contribution in [-0.4, -0.2) is 18.4 Å². The molecule has 132 valence electrons. The molecule has 2 amide bonds. The number of nitrogens with one attached hydrogen (secondary N) is 2. The minimum Gasteiger partial charge on any atom is -0.492 e. The molecule has 2 aromatic carbocycles. The van der Waals surface area contributed by atoms with Crippen molar-refractivity contribution in [2.45, 2.75) is 33.1 Å².